The fraction of sp³-hybridized carbons (Fsp3) is 0.938. The van der Waals surface area contributed by atoms with Gasteiger partial charge in [0.05, 0.1) is 0 Å². The Bertz CT molecular complexity index is 354. The fourth-order valence-electron chi connectivity index (χ4n) is 3.34. The van der Waals surface area contributed by atoms with Crippen LogP contribution in [0.2, 0.25) is 0 Å². The van der Waals surface area contributed by atoms with E-state index in [4.69, 9.17) is 4.74 Å². The van der Waals surface area contributed by atoms with Crippen molar-refractivity contribution >= 4 is 29.5 Å². The van der Waals surface area contributed by atoms with E-state index in [-0.39, 0.29) is 0 Å². The number of guanidine groups is 1. The van der Waals surface area contributed by atoms with Gasteiger partial charge in [-0.25, -0.2) is 0 Å². The van der Waals surface area contributed by atoms with Gasteiger partial charge >= 0.3 is 0 Å². The Labute approximate surface area is 144 Å². The number of thioether (sulfide) groups is 2. The molecule has 2 fully saturated rings. The fourth-order valence-corrected chi connectivity index (χ4v) is 5.38. The molecule has 6 heteroatoms. The van der Waals surface area contributed by atoms with E-state index < -0.39 is 0 Å². The summed E-state index contributed by atoms with van der Waals surface area (Å²) >= 11 is 4.07. The average molecular weight is 346 g/mol. The molecule has 0 spiro atoms. The first-order chi connectivity index (χ1) is 10.7. The van der Waals surface area contributed by atoms with Gasteiger partial charge in [-0.05, 0) is 44.1 Å². The van der Waals surface area contributed by atoms with Crippen LogP contribution in [0.5, 0.6) is 0 Å². The zero-order valence-corrected chi connectivity index (χ0v) is 15.8. The molecule has 1 aliphatic heterocycles. The second kappa shape index (κ2) is 9.28. The zero-order chi connectivity index (χ0) is 15.8. The molecule has 1 saturated heterocycles. The van der Waals surface area contributed by atoms with Crippen LogP contribution in [-0.4, -0.2) is 60.8 Å². The van der Waals surface area contributed by atoms with Crippen LogP contribution in [0.25, 0.3) is 0 Å². The molecule has 2 N–H and O–H groups in total. The Balaban J connectivity index is 1.82. The van der Waals surface area contributed by atoms with E-state index in [1.165, 1.54) is 19.3 Å². The van der Waals surface area contributed by atoms with E-state index >= 15 is 0 Å². The molecule has 1 heterocycles. The maximum atomic E-state index is 5.55. The van der Waals surface area contributed by atoms with Gasteiger partial charge in [0.15, 0.2) is 5.96 Å². The van der Waals surface area contributed by atoms with Crippen LogP contribution in [0.3, 0.4) is 0 Å². The van der Waals surface area contributed by atoms with Crippen molar-refractivity contribution in [3.05, 3.63) is 0 Å². The molecule has 0 aromatic heterocycles. The molecule has 0 aromatic carbocycles. The normalized spacial score (nSPS) is 28.6. The van der Waals surface area contributed by atoms with Crippen LogP contribution in [0.1, 0.15) is 39.0 Å². The number of aliphatic imine (C=N–C) groups is 1. The van der Waals surface area contributed by atoms with Crippen molar-refractivity contribution in [1.29, 1.82) is 0 Å². The van der Waals surface area contributed by atoms with Gasteiger partial charge in [0.25, 0.3) is 0 Å². The van der Waals surface area contributed by atoms with E-state index in [2.05, 4.69) is 40.6 Å². The van der Waals surface area contributed by atoms with Crippen molar-refractivity contribution < 1.29 is 4.74 Å². The third kappa shape index (κ3) is 5.24. The van der Waals surface area contributed by atoms with Crippen LogP contribution < -0.4 is 10.6 Å². The van der Waals surface area contributed by atoms with Gasteiger partial charge < -0.3 is 15.4 Å². The SMILES string of the molecule is CCSC1(CNC(=NC)NC2CCC(SC)C2)CCOCC1. The number of nitrogens with one attached hydrogen (secondary N) is 2. The van der Waals surface area contributed by atoms with E-state index in [1.54, 1.807) is 0 Å². The van der Waals surface area contributed by atoms with E-state index in [0.29, 0.717) is 10.8 Å². The third-order valence-corrected chi connectivity index (χ3v) is 7.26. The third-order valence-electron chi connectivity index (χ3n) is 4.71. The van der Waals surface area contributed by atoms with E-state index in [9.17, 15) is 0 Å². The number of ether oxygens (including phenoxy) is 1. The molecule has 4 nitrogen and oxygen atoms in total. The second-order valence-corrected chi connectivity index (χ2v) is 9.04. The van der Waals surface area contributed by atoms with Gasteiger partial charge in [-0.2, -0.15) is 23.5 Å². The lowest BCUT2D eigenvalue weighted by molar-refractivity contribution is 0.0782. The van der Waals surface area contributed by atoms with Crippen LogP contribution in [0.15, 0.2) is 4.99 Å². The molecule has 2 atom stereocenters. The number of hydrogen-bond donors (Lipinski definition) is 2. The summed E-state index contributed by atoms with van der Waals surface area (Å²) < 4.78 is 5.85. The molecule has 2 unspecified atom stereocenters. The van der Waals surface area contributed by atoms with Gasteiger partial charge in [0, 0.05) is 42.8 Å². The molecule has 0 amide bonds. The monoisotopic (exact) mass is 345 g/mol. The molecule has 0 bridgehead atoms. The molecule has 2 rings (SSSR count). The zero-order valence-electron chi connectivity index (χ0n) is 14.2. The van der Waals surface area contributed by atoms with E-state index in [1.807, 2.05) is 18.8 Å². The van der Waals surface area contributed by atoms with Crippen LogP contribution >= 0.6 is 23.5 Å². The second-order valence-electron chi connectivity index (χ2n) is 6.17. The highest BCUT2D eigenvalue weighted by atomic mass is 32.2. The highest BCUT2D eigenvalue weighted by Gasteiger charge is 2.33. The topological polar surface area (TPSA) is 45.7 Å². The minimum Gasteiger partial charge on any atom is -0.381 e. The minimum atomic E-state index is 0.308. The molecule has 1 saturated carbocycles. The van der Waals surface area contributed by atoms with Crippen molar-refractivity contribution in [2.24, 2.45) is 4.99 Å². The van der Waals surface area contributed by atoms with Crippen LogP contribution in [0, 0.1) is 0 Å². The number of nitrogens with zero attached hydrogens (tertiary/aromatic N) is 1. The first-order valence-corrected chi connectivity index (χ1v) is 10.7. The van der Waals surface area contributed by atoms with Gasteiger partial charge in [0.1, 0.15) is 0 Å². The summed E-state index contributed by atoms with van der Waals surface area (Å²) in [5.74, 6) is 2.13. The summed E-state index contributed by atoms with van der Waals surface area (Å²) in [7, 11) is 1.87. The summed E-state index contributed by atoms with van der Waals surface area (Å²) in [5, 5.41) is 8.01. The lowest BCUT2D eigenvalue weighted by Gasteiger charge is -2.37. The summed E-state index contributed by atoms with van der Waals surface area (Å²) in [6.45, 7) is 5.00. The maximum absolute atomic E-state index is 5.55. The summed E-state index contributed by atoms with van der Waals surface area (Å²) in [6, 6.07) is 0.577. The summed E-state index contributed by atoms with van der Waals surface area (Å²) in [5.41, 5.74) is 0. The average Bonchev–Trinajstić information content (AvgIpc) is 3.00. The first kappa shape index (κ1) is 18.3. The number of hydrogen-bond acceptors (Lipinski definition) is 4. The van der Waals surface area contributed by atoms with Gasteiger partial charge in [-0.1, -0.05) is 6.92 Å². The Hall–Kier alpha value is -0.0700. The summed E-state index contributed by atoms with van der Waals surface area (Å²) in [6.07, 6.45) is 8.32. The highest BCUT2D eigenvalue weighted by Crippen LogP contribution is 2.34. The van der Waals surface area contributed by atoms with Crippen molar-refractivity contribution in [3.63, 3.8) is 0 Å². The molecule has 22 heavy (non-hydrogen) atoms. The minimum absolute atomic E-state index is 0.308. The quantitative estimate of drug-likeness (QED) is 0.572. The predicted molar refractivity (Wildman–Crippen MR) is 100 cm³/mol. The number of rotatable bonds is 6. The Kier molecular flexibility index (Phi) is 7.71. The lowest BCUT2D eigenvalue weighted by atomic mass is 9.99. The molecule has 128 valence electrons. The standard InChI is InChI=1S/C16H31N3OS2/c1-4-22-16(7-9-20-10-8-16)12-18-15(17-2)19-13-5-6-14(11-13)21-3/h13-14H,4-12H2,1-3H3,(H2,17,18,19). The smallest absolute Gasteiger partial charge is 0.191 e. The van der Waals surface area contributed by atoms with Crippen LogP contribution in [0.4, 0.5) is 0 Å². The first-order valence-electron chi connectivity index (χ1n) is 8.43. The molecule has 2 aliphatic rings. The molecular weight excluding hydrogens is 314 g/mol. The van der Waals surface area contributed by atoms with Gasteiger partial charge in [-0.3, -0.25) is 4.99 Å². The maximum Gasteiger partial charge on any atom is 0.191 e. The molecule has 0 radical (unpaired) electrons. The van der Waals surface area contributed by atoms with Gasteiger partial charge in [-0.15, -0.1) is 0 Å². The summed E-state index contributed by atoms with van der Waals surface area (Å²) in [4.78, 5) is 4.43. The van der Waals surface area contributed by atoms with Crippen LogP contribution in [-0.2, 0) is 4.74 Å². The molecular formula is C16H31N3OS2. The predicted octanol–water partition coefficient (Wildman–Crippen LogP) is 2.74. The highest BCUT2D eigenvalue weighted by molar-refractivity contribution is 8.00. The molecule has 1 aliphatic carbocycles. The van der Waals surface area contributed by atoms with Crippen molar-refractivity contribution in [2.75, 3.05) is 38.8 Å². The van der Waals surface area contributed by atoms with E-state index in [0.717, 1.165) is 49.6 Å². The van der Waals surface area contributed by atoms with Crippen molar-refractivity contribution in [2.45, 2.75) is 55.1 Å². The van der Waals surface area contributed by atoms with Crippen molar-refractivity contribution in [3.8, 4) is 0 Å². The molecule has 0 aromatic rings. The largest absolute Gasteiger partial charge is 0.381 e. The van der Waals surface area contributed by atoms with Gasteiger partial charge in [0.2, 0.25) is 0 Å². The Morgan fingerprint density at radius 2 is 2.09 bits per heavy atom. The van der Waals surface area contributed by atoms with Crippen molar-refractivity contribution in [1.82, 2.24) is 10.6 Å². The lowest BCUT2D eigenvalue weighted by Crippen LogP contribution is -2.49. The Morgan fingerprint density at radius 1 is 1.32 bits per heavy atom. The Morgan fingerprint density at radius 3 is 2.68 bits per heavy atom.